The maximum atomic E-state index is 11.5. The zero-order chi connectivity index (χ0) is 11.0. The average molecular weight is 270 g/mol. The van der Waals surface area contributed by atoms with Crippen molar-refractivity contribution in [3.05, 3.63) is 28.1 Å². The van der Waals surface area contributed by atoms with Gasteiger partial charge in [-0.3, -0.25) is 0 Å². The lowest BCUT2D eigenvalue weighted by Gasteiger charge is -2.01. The predicted molar refractivity (Wildman–Crippen MR) is 56.8 cm³/mol. The molecule has 0 aliphatic rings. The average Bonchev–Trinajstić information content (AvgIpc) is 2.55. The highest BCUT2D eigenvalue weighted by atomic mass is 79.9. The van der Waals surface area contributed by atoms with Crippen LogP contribution in [-0.4, -0.2) is 27.7 Å². The van der Waals surface area contributed by atoms with Crippen molar-refractivity contribution in [3.8, 4) is 0 Å². The van der Waals surface area contributed by atoms with E-state index in [4.69, 9.17) is 0 Å². The summed E-state index contributed by atoms with van der Waals surface area (Å²) in [4.78, 5) is 15.6. The minimum atomic E-state index is -0.422. The van der Waals surface area contributed by atoms with Gasteiger partial charge in [-0.25, -0.2) is 14.3 Å². The minimum Gasteiger partial charge on any atom is -0.465 e. The summed E-state index contributed by atoms with van der Waals surface area (Å²) in [5.41, 5.74) is 0.898. The van der Waals surface area contributed by atoms with Crippen LogP contribution in [0.15, 0.2) is 16.7 Å². The van der Waals surface area contributed by atoms with Gasteiger partial charge in [-0.15, -0.1) is 0 Å². The van der Waals surface area contributed by atoms with Crippen LogP contribution >= 0.6 is 15.9 Å². The number of carbonyl (C=O) groups is 1. The van der Waals surface area contributed by atoms with Gasteiger partial charge in [-0.1, -0.05) is 0 Å². The molecule has 6 heteroatoms. The van der Waals surface area contributed by atoms with E-state index in [0.717, 1.165) is 4.47 Å². The van der Waals surface area contributed by atoms with Crippen molar-refractivity contribution in [3.63, 3.8) is 0 Å². The molecule has 0 saturated heterocycles. The summed E-state index contributed by atoms with van der Waals surface area (Å²) in [6, 6.07) is 1.66. The highest BCUT2D eigenvalue weighted by Gasteiger charge is 2.14. The van der Waals surface area contributed by atoms with Crippen LogP contribution in [-0.2, 0) is 4.74 Å². The molecule has 0 bridgehead atoms. The summed E-state index contributed by atoms with van der Waals surface area (Å²) in [5.74, 6) is 0.187. The summed E-state index contributed by atoms with van der Waals surface area (Å²) in [5, 5.41) is 4.12. The van der Waals surface area contributed by atoms with Crippen LogP contribution in [0.3, 0.4) is 0 Å². The fourth-order valence-corrected chi connectivity index (χ4v) is 1.74. The molecule has 78 valence electrons. The first-order chi connectivity index (χ1) is 7.11. The normalized spacial score (nSPS) is 10.6. The maximum absolute atomic E-state index is 11.5. The van der Waals surface area contributed by atoms with Crippen molar-refractivity contribution in [2.75, 3.05) is 7.11 Å². The molecule has 0 N–H and O–H groups in total. The van der Waals surface area contributed by atoms with Gasteiger partial charge in [-0.05, 0) is 28.9 Å². The quantitative estimate of drug-likeness (QED) is 0.738. The van der Waals surface area contributed by atoms with Crippen LogP contribution < -0.4 is 0 Å². The van der Waals surface area contributed by atoms with Crippen molar-refractivity contribution in [1.29, 1.82) is 0 Å². The van der Waals surface area contributed by atoms with Gasteiger partial charge in [0.05, 0.1) is 7.11 Å². The van der Waals surface area contributed by atoms with Crippen LogP contribution in [0.4, 0.5) is 0 Å². The molecule has 0 amide bonds. The van der Waals surface area contributed by atoms with Gasteiger partial charge in [-0.2, -0.15) is 5.10 Å². The lowest BCUT2D eigenvalue weighted by atomic mass is 10.3. The highest BCUT2D eigenvalue weighted by Crippen LogP contribution is 2.17. The molecule has 0 spiro atoms. The number of ether oxygens (including phenoxy) is 1. The number of aromatic nitrogens is 3. The standard InChI is InChI=1S/C9H8BrN3O2/c1-5-11-8-7(9(14)15-2)3-6(10)4-13(8)12-5/h3-4H,1-2H3. The second kappa shape index (κ2) is 3.62. The Kier molecular flexibility index (Phi) is 2.44. The van der Waals surface area contributed by atoms with Crippen LogP contribution in [0, 0.1) is 6.92 Å². The first-order valence-electron chi connectivity index (χ1n) is 4.22. The zero-order valence-corrected chi connectivity index (χ0v) is 9.78. The predicted octanol–water partition coefficient (Wildman–Crippen LogP) is 1.59. The van der Waals surface area contributed by atoms with E-state index >= 15 is 0 Å². The van der Waals surface area contributed by atoms with Crippen molar-refractivity contribution in [2.45, 2.75) is 6.92 Å². The van der Waals surface area contributed by atoms with Crippen molar-refractivity contribution < 1.29 is 9.53 Å². The number of hydrogen-bond donors (Lipinski definition) is 0. The van der Waals surface area contributed by atoms with E-state index in [1.807, 2.05) is 0 Å². The van der Waals surface area contributed by atoms with E-state index in [9.17, 15) is 4.79 Å². The number of pyridine rings is 1. The topological polar surface area (TPSA) is 56.5 Å². The summed E-state index contributed by atoms with van der Waals surface area (Å²) in [6.45, 7) is 1.77. The summed E-state index contributed by atoms with van der Waals surface area (Å²) < 4.78 is 6.97. The Morgan fingerprint density at radius 1 is 1.60 bits per heavy atom. The van der Waals surface area contributed by atoms with Gasteiger partial charge in [0.25, 0.3) is 0 Å². The van der Waals surface area contributed by atoms with Gasteiger partial charge in [0.15, 0.2) is 5.65 Å². The van der Waals surface area contributed by atoms with Crippen LogP contribution in [0.1, 0.15) is 16.2 Å². The zero-order valence-electron chi connectivity index (χ0n) is 8.19. The van der Waals surface area contributed by atoms with Crippen molar-refractivity contribution in [1.82, 2.24) is 14.6 Å². The van der Waals surface area contributed by atoms with Crippen LogP contribution in [0.2, 0.25) is 0 Å². The SMILES string of the molecule is COC(=O)c1cc(Br)cn2nc(C)nc12. The molecule has 2 rings (SSSR count). The Bertz CT molecular complexity index is 535. The maximum Gasteiger partial charge on any atom is 0.341 e. The molecule has 0 aromatic carbocycles. The fraction of sp³-hybridized carbons (Fsp3) is 0.222. The lowest BCUT2D eigenvalue weighted by Crippen LogP contribution is -2.04. The second-order valence-corrected chi connectivity index (χ2v) is 3.91. The Morgan fingerprint density at radius 3 is 3.00 bits per heavy atom. The number of halogens is 1. The van der Waals surface area contributed by atoms with Crippen molar-refractivity contribution >= 4 is 27.5 Å². The molecule has 2 heterocycles. The first kappa shape index (κ1) is 10.1. The van der Waals surface area contributed by atoms with Gasteiger partial charge < -0.3 is 4.74 Å². The number of hydrogen-bond acceptors (Lipinski definition) is 4. The summed E-state index contributed by atoms with van der Waals surface area (Å²) >= 11 is 3.29. The molecule has 15 heavy (non-hydrogen) atoms. The number of methoxy groups -OCH3 is 1. The van der Waals surface area contributed by atoms with E-state index in [1.165, 1.54) is 7.11 Å². The first-order valence-corrected chi connectivity index (χ1v) is 5.02. The Morgan fingerprint density at radius 2 is 2.33 bits per heavy atom. The van der Waals surface area contributed by atoms with Crippen LogP contribution in [0.5, 0.6) is 0 Å². The van der Waals surface area contributed by atoms with E-state index in [2.05, 4.69) is 30.7 Å². The molecule has 0 aliphatic heterocycles. The fourth-order valence-electron chi connectivity index (χ4n) is 1.32. The number of nitrogens with zero attached hydrogens (tertiary/aromatic N) is 3. The van der Waals surface area contributed by atoms with E-state index in [1.54, 1.807) is 23.7 Å². The summed E-state index contributed by atoms with van der Waals surface area (Å²) in [6.07, 6.45) is 1.74. The van der Waals surface area contributed by atoms with E-state index in [-0.39, 0.29) is 0 Å². The number of aryl methyl sites for hydroxylation is 1. The Balaban J connectivity index is 2.75. The smallest absolute Gasteiger partial charge is 0.341 e. The number of rotatable bonds is 1. The molecule has 0 aliphatic carbocycles. The molecular weight excluding hydrogens is 262 g/mol. The Hall–Kier alpha value is -1.43. The van der Waals surface area contributed by atoms with E-state index < -0.39 is 5.97 Å². The molecular formula is C9H8BrN3O2. The van der Waals surface area contributed by atoms with Crippen LogP contribution in [0.25, 0.3) is 5.65 Å². The molecule has 0 saturated carbocycles. The second-order valence-electron chi connectivity index (χ2n) is 2.99. The molecule has 0 atom stereocenters. The monoisotopic (exact) mass is 269 g/mol. The van der Waals surface area contributed by atoms with Crippen molar-refractivity contribution in [2.24, 2.45) is 0 Å². The molecule has 2 aromatic rings. The molecule has 2 aromatic heterocycles. The highest BCUT2D eigenvalue weighted by molar-refractivity contribution is 9.10. The number of carbonyl (C=O) groups excluding carboxylic acids is 1. The Labute approximate surface area is 94.2 Å². The molecule has 0 fully saturated rings. The van der Waals surface area contributed by atoms with Gasteiger partial charge in [0.1, 0.15) is 11.4 Å². The largest absolute Gasteiger partial charge is 0.465 e. The summed E-state index contributed by atoms with van der Waals surface area (Å²) in [7, 11) is 1.34. The third kappa shape index (κ3) is 1.72. The molecule has 5 nitrogen and oxygen atoms in total. The third-order valence-electron chi connectivity index (χ3n) is 1.91. The minimum absolute atomic E-state index is 0.396. The number of esters is 1. The molecule has 0 unspecified atom stereocenters. The third-order valence-corrected chi connectivity index (χ3v) is 2.34. The number of fused-ring (bicyclic) bond motifs is 1. The van der Waals surface area contributed by atoms with E-state index in [0.29, 0.717) is 17.0 Å². The lowest BCUT2D eigenvalue weighted by molar-refractivity contribution is 0.0602. The van der Waals surface area contributed by atoms with Gasteiger partial charge in [0.2, 0.25) is 0 Å². The molecule has 0 radical (unpaired) electrons. The van der Waals surface area contributed by atoms with Gasteiger partial charge >= 0.3 is 5.97 Å². The van der Waals surface area contributed by atoms with Gasteiger partial charge in [0, 0.05) is 10.7 Å².